The normalized spacial score (nSPS) is 16.9. The molecule has 0 saturated carbocycles. The molecule has 1 aliphatic rings. The summed E-state index contributed by atoms with van der Waals surface area (Å²) in [4.78, 5) is 38.6. The summed E-state index contributed by atoms with van der Waals surface area (Å²) in [6.45, 7) is 1.56. The van der Waals surface area contributed by atoms with Gasteiger partial charge in [0.1, 0.15) is 12.6 Å². The van der Waals surface area contributed by atoms with Crippen LogP contribution in [0.25, 0.3) is 0 Å². The number of hydrogen-bond donors (Lipinski definition) is 2. The number of amides is 1. The lowest BCUT2D eigenvalue weighted by molar-refractivity contribution is -0.146. The van der Waals surface area contributed by atoms with Gasteiger partial charge in [0, 0.05) is 5.69 Å². The molecule has 2 N–H and O–H groups in total. The molecule has 0 bridgehead atoms. The molecule has 2 aromatic carbocycles. The molecule has 31 heavy (non-hydrogen) atoms. The number of ether oxygens (including phenoxy) is 1. The molecule has 0 radical (unpaired) electrons. The highest BCUT2D eigenvalue weighted by molar-refractivity contribution is 6.02. The number of anilines is 1. The fourth-order valence-electron chi connectivity index (χ4n) is 3.88. The molecule has 1 aliphatic heterocycles. The fourth-order valence-corrected chi connectivity index (χ4v) is 3.88. The number of esters is 1. The number of para-hydroxylation sites is 1. The maximum Gasteiger partial charge on any atom is 0.323 e. The van der Waals surface area contributed by atoms with E-state index in [9.17, 15) is 19.5 Å². The lowest BCUT2D eigenvalue weighted by Gasteiger charge is -2.27. The van der Waals surface area contributed by atoms with Gasteiger partial charge < -0.3 is 9.84 Å². The van der Waals surface area contributed by atoms with Crippen LogP contribution >= 0.6 is 0 Å². The molecule has 164 valence electrons. The number of nitrogens with one attached hydrogen (secondary N) is 1. The standard InChI is InChI=1S/C24H28N2O5/c1-2-31-24(30)20(14-12-17-8-4-3-5-9-17)25-19-15-13-18-10-6-7-11-21(18)26(23(19)29)16-22(27)28/h3-11,19-20,25H,2,12-16H2,1H3,(H,27,28)/t19-,20+/m0/s1. The van der Waals surface area contributed by atoms with Crippen LogP contribution in [0.1, 0.15) is 30.9 Å². The Morgan fingerprint density at radius 1 is 1.16 bits per heavy atom. The van der Waals surface area contributed by atoms with E-state index in [1.807, 2.05) is 42.5 Å². The lowest BCUT2D eigenvalue weighted by atomic mass is 10.0. The average Bonchev–Trinajstić information content (AvgIpc) is 2.89. The highest BCUT2D eigenvalue weighted by atomic mass is 16.5. The maximum atomic E-state index is 13.3. The number of aliphatic carboxylic acids is 1. The topological polar surface area (TPSA) is 95.9 Å². The van der Waals surface area contributed by atoms with E-state index in [-0.39, 0.29) is 12.5 Å². The largest absolute Gasteiger partial charge is 0.480 e. The zero-order valence-electron chi connectivity index (χ0n) is 17.6. The van der Waals surface area contributed by atoms with Gasteiger partial charge in [-0.2, -0.15) is 0 Å². The van der Waals surface area contributed by atoms with Crippen molar-refractivity contribution in [3.63, 3.8) is 0 Å². The van der Waals surface area contributed by atoms with Crippen LogP contribution in [-0.2, 0) is 32.0 Å². The van der Waals surface area contributed by atoms with Crippen LogP contribution in [0.4, 0.5) is 5.69 Å². The summed E-state index contributed by atoms with van der Waals surface area (Å²) < 4.78 is 5.23. The van der Waals surface area contributed by atoms with Crippen molar-refractivity contribution in [3.05, 3.63) is 65.7 Å². The van der Waals surface area contributed by atoms with E-state index in [4.69, 9.17) is 4.74 Å². The van der Waals surface area contributed by atoms with Crippen LogP contribution in [0.5, 0.6) is 0 Å². The Morgan fingerprint density at radius 3 is 2.58 bits per heavy atom. The number of fused-ring (bicyclic) bond motifs is 1. The predicted octanol–water partition coefficient (Wildman–Crippen LogP) is 2.57. The average molecular weight is 424 g/mol. The molecule has 0 aromatic heterocycles. The van der Waals surface area contributed by atoms with Crippen molar-refractivity contribution < 1.29 is 24.2 Å². The first kappa shape index (κ1) is 22.5. The molecule has 0 saturated heterocycles. The van der Waals surface area contributed by atoms with Crippen LogP contribution in [0.3, 0.4) is 0 Å². The molecule has 0 unspecified atom stereocenters. The van der Waals surface area contributed by atoms with Crippen LogP contribution in [0.15, 0.2) is 54.6 Å². The van der Waals surface area contributed by atoms with Gasteiger partial charge in [0.15, 0.2) is 0 Å². The van der Waals surface area contributed by atoms with Gasteiger partial charge in [-0.25, -0.2) is 0 Å². The van der Waals surface area contributed by atoms with Crippen molar-refractivity contribution in [1.29, 1.82) is 0 Å². The Balaban J connectivity index is 1.79. The summed E-state index contributed by atoms with van der Waals surface area (Å²) in [7, 11) is 0. The zero-order valence-corrected chi connectivity index (χ0v) is 17.6. The number of carboxylic acid groups (broad SMARTS) is 1. The molecule has 1 amide bonds. The van der Waals surface area contributed by atoms with Crippen molar-refractivity contribution in [1.82, 2.24) is 5.32 Å². The third-order valence-corrected chi connectivity index (χ3v) is 5.38. The van der Waals surface area contributed by atoms with Crippen molar-refractivity contribution in [2.24, 2.45) is 0 Å². The molecule has 2 atom stereocenters. The van der Waals surface area contributed by atoms with Crippen LogP contribution < -0.4 is 10.2 Å². The summed E-state index contributed by atoms with van der Waals surface area (Å²) in [5.74, 6) is -1.84. The zero-order chi connectivity index (χ0) is 22.2. The highest BCUT2D eigenvalue weighted by Gasteiger charge is 2.34. The molecular formula is C24H28N2O5. The molecule has 1 heterocycles. The van der Waals surface area contributed by atoms with Gasteiger partial charge in [-0.3, -0.25) is 24.6 Å². The summed E-state index contributed by atoms with van der Waals surface area (Å²) in [6.07, 6.45) is 2.19. The number of carbonyl (C=O) groups excluding carboxylic acids is 2. The molecule has 3 rings (SSSR count). The van der Waals surface area contributed by atoms with Crippen molar-refractivity contribution in [2.45, 2.75) is 44.7 Å². The number of benzene rings is 2. The van der Waals surface area contributed by atoms with Crippen molar-refractivity contribution >= 4 is 23.5 Å². The minimum Gasteiger partial charge on any atom is -0.480 e. The van der Waals surface area contributed by atoms with Gasteiger partial charge >= 0.3 is 11.9 Å². The van der Waals surface area contributed by atoms with Crippen LogP contribution in [-0.4, -0.2) is 48.2 Å². The van der Waals surface area contributed by atoms with Gasteiger partial charge in [0.05, 0.1) is 12.6 Å². The Bertz CT molecular complexity index is 915. The quantitative estimate of drug-likeness (QED) is 0.601. The van der Waals surface area contributed by atoms with Crippen molar-refractivity contribution in [3.8, 4) is 0 Å². The molecular weight excluding hydrogens is 396 g/mol. The van der Waals surface area contributed by atoms with E-state index in [2.05, 4.69) is 5.32 Å². The Morgan fingerprint density at radius 2 is 1.87 bits per heavy atom. The smallest absolute Gasteiger partial charge is 0.323 e. The first-order valence-electron chi connectivity index (χ1n) is 10.6. The number of nitrogens with zero attached hydrogens (tertiary/aromatic N) is 1. The summed E-state index contributed by atoms with van der Waals surface area (Å²) in [6, 6.07) is 15.8. The summed E-state index contributed by atoms with van der Waals surface area (Å²) in [5.41, 5.74) is 2.61. The first-order valence-corrected chi connectivity index (χ1v) is 10.6. The van der Waals surface area contributed by atoms with Crippen LogP contribution in [0.2, 0.25) is 0 Å². The minimum atomic E-state index is -1.09. The summed E-state index contributed by atoms with van der Waals surface area (Å²) >= 11 is 0. The third kappa shape index (κ3) is 5.92. The first-order chi connectivity index (χ1) is 15.0. The second kappa shape index (κ2) is 10.7. The molecule has 0 spiro atoms. The van der Waals surface area contributed by atoms with Gasteiger partial charge in [-0.15, -0.1) is 0 Å². The van der Waals surface area contributed by atoms with E-state index in [0.717, 1.165) is 11.1 Å². The fraction of sp³-hybridized carbons (Fsp3) is 0.375. The Hall–Kier alpha value is -3.19. The number of aryl methyl sites for hydroxylation is 2. The van der Waals surface area contributed by atoms with Gasteiger partial charge in [0.25, 0.3) is 0 Å². The monoisotopic (exact) mass is 424 g/mol. The van der Waals surface area contributed by atoms with Gasteiger partial charge in [-0.05, 0) is 49.8 Å². The van der Waals surface area contributed by atoms with E-state index in [0.29, 0.717) is 31.4 Å². The van der Waals surface area contributed by atoms with E-state index in [1.54, 1.807) is 19.1 Å². The maximum absolute atomic E-state index is 13.3. The predicted molar refractivity (Wildman–Crippen MR) is 117 cm³/mol. The number of rotatable bonds is 9. The summed E-state index contributed by atoms with van der Waals surface area (Å²) in [5, 5.41) is 12.5. The minimum absolute atomic E-state index is 0.248. The second-order valence-corrected chi connectivity index (χ2v) is 7.53. The third-order valence-electron chi connectivity index (χ3n) is 5.38. The molecule has 2 aromatic rings. The van der Waals surface area contributed by atoms with Gasteiger partial charge in [-0.1, -0.05) is 48.5 Å². The number of hydrogen-bond acceptors (Lipinski definition) is 5. The van der Waals surface area contributed by atoms with E-state index in [1.165, 1.54) is 4.90 Å². The Kier molecular flexibility index (Phi) is 7.78. The van der Waals surface area contributed by atoms with Crippen LogP contribution in [0, 0.1) is 0 Å². The molecule has 7 heteroatoms. The lowest BCUT2D eigenvalue weighted by Crippen LogP contribution is -2.53. The van der Waals surface area contributed by atoms with Crippen molar-refractivity contribution in [2.75, 3.05) is 18.1 Å². The molecule has 7 nitrogen and oxygen atoms in total. The van der Waals surface area contributed by atoms with E-state index >= 15 is 0 Å². The second-order valence-electron chi connectivity index (χ2n) is 7.53. The number of carboxylic acids is 1. The van der Waals surface area contributed by atoms with E-state index < -0.39 is 30.6 Å². The highest BCUT2D eigenvalue weighted by Crippen LogP contribution is 2.27. The molecule has 0 aliphatic carbocycles. The molecule has 0 fully saturated rings. The Labute approximate surface area is 182 Å². The van der Waals surface area contributed by atoms with Gasteiger partial charge in [0.2, 0.25) is 5.91 Å². The SMILES string of the molecule is CCOC(=O)[C@@H](CCc1ccccc1)N[C@H]1CCc2ccccc2N(CC(=O)O)C1=O. The number of carbonyl (C=O) groups is 3.